The van der Waals surface area contributed by atoms with Crippen molar-refractivity contribution < 1.29 is 4.79 Å². The molecule has 0 radical (unpaired) electrons. The van der Waals surface area contributed by atoms with Gasteiger partial charge in [0.1, 0.15) is 5.82 Å². The zero-order valence-electron chi connectivity index (χ0n) is 10.4. The lowest BCUT2D eigenvalue weighted by atomic mass is 10.0. The van der Waals surface area contributed by atoms with E-state index in [0.29, 0.717) is 6.42 Å². The van der Waals surface area contributed by atoms with Crippen LogP contribution in [0, 0.1) is 13.8 Å². The highest BCUT2D eigenvalue weighted by atomic mass is 16.1. The SMILES string of the molecule is Cc1ccc(C(=O)Cc2nccn2C)cc1C. The summed E-state index contributed by atoms with van der Waals surface area (Å²) in [5.41, 5.74) is 3.12. The van der Waals surface area contributed by atoms with E-state index in [1.54, 1.807) is 6.20 Å². The standard InChI is InChI=1S/C14H16N2O/c1-10-4-5-12(8-11(10)2)13(17)9-14-15-6-7-16(14)3/h4-8H,9H2,1-3H3. The molecule has 0 unspecified atom stereocenters. The van der Waals surface area contributed by atoms with Gasteiger partial charge in [0.2, 0.25) is 0 Å². The number of ketones is 1. The van der Waals surface area contributed by atoms with Crippen molar-refractivity contribution in [2.45, 2.75) is 20.3 Å². The first kappa shape index (κ1) is 11.6. The molecule has 0 aliphatic heterocycles. The highest BCUT2D eigenvalue weighted by molar-refractivity contribution is 5.97. The van der Waals surface area contributed by atoms with E-state index < -0.39 is 0 Å². The maximum absolute atomic E-state index is 12.1. The van der Waals surface area contributed by atoms with Crippen molar-refractivity contribution in [3.8, 4) is 0 Å². The second kappa shape index (κ2) is 4.53. The average molecular weight is 228 g/mol. The van der Waals surface area contributed by atoms with Gasteiger partial charge < -0.3 is 4.57 Å². The van der Waals surface area contributed by atoms with Crippen molar-refractivity contribution in [2.24, 2.45) is 7.05 Å². The fraction of sp³-hybridized carbons (Fsp3) is 0.286. The summed E-state index contributed by atoms with van der Waals surface area (Å²) in [6, 6.07) is 5.81. The van der Waals surface area contributed by atoms with Crippen molar-refractivity contribution in [1.82, 2.24) is 9.55 Å². The summed E-state index contributed by atoms with van der Waals surface area (Å²) >= 11 is 0. The number of aromatic nitrogens is 2. The number of Topliss-reactive ketones (excluding diaryl/α,β-unsaturated/α-hetero) is 1. The van der Waals surface area contributed by atoms with E-state index in [4.69, 9.17) is 0 Å². The summed E-state index contributed by atoms with van der Waals surface area (Å²) in [6.07, 6.45) is 3.91. The second-order valence-corrected chi connectivity index (χ2v) is 4.35. The molecule has 0 saturated carbocycles. The van der Waals surface area contributed by atoms with Gasteiger partial charge in [-0.2, -0.15) is 0 Å². The molecule has 1 heterocycles. The molecular formula is C14H16N2O. The Hall–Kier alpha value is -1.90. The number of rotatable bonds is 3. The molecule has 2 rings (SSSR count). The van der Waals surface area contributed by atoms with E-state index >= 15 is 0 Å². The highest BCUT2D eigenvalue weighted by Crippen LogP contribution is 2.12. The first-order valence-corrected chi connectivity index (χ1v) is 5.64. The lowest BCUT2D eigenvalue weighted by molar-refractivity contribution is 0.0990. The Morgan fingerprint density at radius 1 is 1.29 bits per heavy atom. The Bertz CT molecular complexity index is 555. The number of benzene rings is 1. The van der Waals surface area contributed by atoms with Gasteiger partial charge in [0.05, 0.1) is 6.42 Å². The lowest BCUT2D eigenvalue weighted by Crippen LogP contribution is -2.08. The molecule has 17 heavy (non-hydrogen) atoms. The van der Waals surface area contributed by atoms with Crippen LogP contribution in [-0.2, 0) is 13.5 Å². The third-order valence-corrected chi connectivity index (χ3v) is 3.07. The first-order valence-electron chi connectivity index (χ1n) is 5.64. The number of hydrogen-bond acceptors (Lipinski definition) is 2. The van der Waals surface area contributed by atoms with Crippen molar-refractivity contribution >= 4 is 5.78 Å². The van der Waals surface area contributed by atoms with E-state index in [2.05, 4.69) is 4.98 Å². The summed E-state index contributed by atoms with van der Waals surface area (Å²) < 4.78 is 1.87. The Balaban J connectivity index is 2.20. The normalized spacial score (nSPS) is 10.5. The average Bonchev–Trinajstić information content (AvgIpc) is 2.68. The Morgan fingerprint density at radius 2 is 2.06 bits per heavy atom. The molecule has 0 saturated heterocycles. The van der Waals surface area contributed by atoms with Crippen LogP contribution in [0.1, 0.15) is 27.3 Å². The van der Waals surface area contributed by atoms with Crippen LogP contribution in [-0.4, -0.2) is 15.3 Å². The number of imidazole rings is 1. The quantitative estimate of drug-likeness (QED) is 0.756. The van der Waals surface area contributed by atoms with E-state index in [0.717, 1.165) is 17.0 Å². The Labute approximate surface area is 101 Å². The molecule has 0 atom stereocenters. The van der Waals surface area contributed by atoms with Gasteiger partial charge in [-0.25, -0.2) is 4.98 Å². The number of carbonyl (C=O) groups excluding carboxylic acids is 1. The van der Waals surface area contributed by atoms with Gasteiger partial charge in [0.15, 0.2) is 5.78 Å². The van der Waals surface area contributed by atoms with Gasteiger partial charge in [0.25, 0.3) is 0 Å². The fourth-order valence-corrected chi connectivity index (χ4v) is 1.73. The summed E-state index contributed by atoms with van der Waals surface area (Å²) in [4.78, 5) is 16.2. The van der Waals surface area contributed by atoms with Crippen LogP contribution >= 0.6 is 0 Å². The predicted octanol–water partition coefficient (Wildman–Crippen LogP) is 2.46. The van der Waals surface area contributed by atoms with Gasteiger partial charge in [-0.15, -0.1) is 0 Å². The third kappa shape index (κ3) is 2.44. The lowest BCUT2D eigenvalue weighted by Gasteiger charge is -2.05. The van der Waals surface area contributed by atoms with Crippen LogP contribution in [0.4, 0.5) is 0 Å². The van der Waals surface area contributed by atoms with E-state index in [1.807, 2.05) is 49.9 Å². The molecule has 88 valence electrons. The van der Waals surface area contributed by atoms with Gasteiger partial charge in [-0.05, 0) is 31.0 Å². The van der Waals surface area contributed by atoms with Gasteiger partial charge >= 0.3 is 0 Å². The number of aryl methyl sites for hydroxylation is 3. The minimum absolute atomic E-state index is 0.113. The molecule has 0 aliphatic rings. The van der Waals surface area contributed by atoms with Crippen molar-refractivity contribution in [3.63, 3.8) is 0 Å². The second-order valence-electron chi connectivity index (χ2n) is 4.35. The molecule has 0 bridgehead atoms. The van der Waals surface area contributed by atoms with Crippen LogP contribution < -0.4 is 0 Å². The molecule has 0 amide bonds. The summed E-state index contributed by atoms with van der Waals surface area (Å²) in [5, 5.41) is 0. The zero-order valence-corrected chi connectivity index (χ0v) is 10.4. The number of nitrogens with zero attached hydrogens (tertiary/aromatic N) is 2. The Kier molecular flexibility index (Phi) is 3.09. The molecule has 0 fully saturated rings. The molecular weight excluding hydrogens is 212 g/mol. The summed E-state index contributed by atoms with van der Waals surface area (Å²) in [6.45, 7) is 4.06. The van der Waals surface area contributed by atoms with Crippen molar-refractivity contribution in [1.29, 1.82) is 0 Å². The highest BCUT2D eigenvalue weighted by Gasteiger charge is 2.10. The minimum atomic E-state index is 0.113. The number of hydrogen-bond donors (Lipinski definition) is 0. The minimum Gasteiger partial charge on any atom is -0.338 e. The fourth-order valence-electron chi connectivity index (χ4n) is 1.73. The van der Waals surface area contributed by atoms with Gasteiger partial charge in [0, 0.05) is 25.0 Å². The van der Waals surface area contributed by atoms with Gasteiger partial charge in [-0.3, -0.25) is 4.79 Å². The molecule has 2 aromatic rings. The van der Waals surface area contributed by atoms with E-state index in [-0.39, 0.29) is 5.78 Å². The van der Waals surface area contributed by atoms with Crippen LogP contribution in [0.25, 0.3) is 0 Å². The molecule has 3 heteroatoms. The molecule has 0 N–H and O–H groups in total. The zero-order chi connectivity index (χ0) is 12.4. The van der Waals surface area contributed by atoms with Crippen molar-refractivity contribution in [2.75, 3.05) is 0 Å². The first-order chi connectivity index (χ1) is 8.08. The molecule has 1 aromatic carbocycles. The van der Waals surface area contributed by atoms with Crippen LogP contribution in [0.2, 0.25) is 0 Å². The van der Waals surface area contributed by atoms with Crippen LogP contribution in [0.15, 0.2) is 30.6 Å². The molecule has 0 aliphatic carbocycles. The largest absolute Gasteiger partial charge is 0.338 e. The predicted molar refractivity (Wildman–Crippen MR) is 67.2 cm³/mol. The van der Waals surface area contributed by atoms with E-state index in [1.165, 1.54) is 5.56 Å². The van der Waals surface area contributed by atoms with Crippen LogP contribution in [0.5, 0.6) is 0 Å². The van der Waals surface area contributed by atoms with Crippen LogP contribution in [0.3, 0.4) is 0 Å². The van der Waals surface area contributed by atoms with E-state index in [9.17, 15) is 4.79 Å². The van der Waals surface area contributed by atoms with Crippen molar-refractivity contribution in [3.05, 3.63) is 53.1 Å². The van der Waals surface area contributed by atoms with Gasteiger partial charge in [-0.1, -0.05) is 12.1 Å². The smallest absolute Gasteiger partial charge is 0.170 e. The third-order valence-electron chi connectivity index (χ3n) is 3.07. The topological polar surface area (TPSA) is 34.9 Å². The summed E-state index contributed by atoms with van der Waals surface area (Å²) in [7, 11) is 1.90. The summed E-state index contributed by atoms with van der Waals surface area (Å²) in [5.74, 6) is 0.913. The number of carbonyl (C=O) groups is 1. The molecule has 3 nitrogen and oxygen atoms in total. The monoisotopic (exact) mass is 228 g/mol. The maximum atomic E-state index is 12.1. The maximum Gasteiger partial charge on any atom is 0.170 e. The molecule has 1 aromatic heterocycles. The Morgan fingerprint density at radius 3 is 2.65 bits per heavy atom. The molecule has 0 spiro atoms.